The lowest BCUT2D eigenvalue weighted by molar-refractivity contribution is -0.124. The van der Waals surface area contributed by atoms with Gasteiger partial charge in [-0.2, -0.15) is 0 Å². The van der Waals surface area contributed by atoms with Gasteiger partial charge < -0.3 is 5.32 Å². The van der Waals surface area contributed by atoms with Gasteiger partial charge in [-0.15, -0.1) is 11.3 Å². The molecule has 0 bridgehead atoms. The molecule has 0 fully saturated rings. The van der Waals surface area contributed by atoms with Crippen molar-refractivity contribution in [2.24, 2.45) is 0 Å². The first-order valence-electron chi connectivity index (χ1n) is 10.5. The summed E-state index contributed by atoms with van der Waals surface area (Å²) in [7, 11) is 0. The van der Waals surface area contributed by atoms with E-state index in [4.69, 9.17) is 10.2 Å². The van der Waals surface area contributed by atoms with Crippen LogP contribution in [0, 0.1) is 6.92 Å². The number of amides is 2. The van der Waals surface area contributed by atoms with Crippen LogP contribution in [0.15, 0.2) is 78.4 Å². The van der Waals surface area contributed by atoms with Crippen LogP contribution in [-0.2, 0) is 11.2 Å². The van der Waals surface area contributed by atoms with E-state index in [9.17, 15) is 9.59 Å². The maximum absolute atomic E-state index is 12.7. The summed E-state index contributed by atoms with van der Waals surface area (Å²) in [6.07, 6.45) is 6.95. The van der Waals surface area contributed by atoms with Crippen LogP contribution in [0.5, 0.6) is 0 Å². The molecular weight excluding hydrogens is 448 g/mol. The lowest BCUT2D eigenvalue weighted by atomic mass is 10.0. The molecule has 0 atom stereocenters. The molecule has 0 saturated heterocycles. The minimum atomic E-state index is -0.622. The molecule has 8 heteroatoms. The highest BCUT2D eigenvalue weighted by atomic mass is 32.1. The zero-order valence-electron chi connectivity index (χ0n) is 18.4. The van der Waals surface area contributed by atoms with Crippen molar-refractivity contribution in [1.82, 2.24) is 15.4 Å². The van der Waals surface area contributed by atoms with Crippen molar-refractivity contribution in [2.45, 2.75) is 13.3 Å². The molecule has 0 saturated carbocycles. The van der Waals surface area contributed by atoms with Gasteiger partial charge in [0.1, 0.15) is 0 Å². The van der Waals surface area contributed by atoms with E-state index >= 15 is 0 Å². The molecule has 0 aliphatic rings. The van der Waals surface area contributed by atoms with E-state index in [0.717, 1.165) is 33.0 Å². The fourth-order valence-corrected chi connectivity index (χ4v) is 4.13. The number of hydroxylamine groups is 1. The number of carbonyl (C=O) groups excluding carboxylic acids is 2. The zero-order chi connectivity index (χ0) is 23.9. The summed E-state index contributed by atoms with van der Waals surface area (Å²) in [5, 5.41) is 14.5. The Balaban J connectivity index is 1.44. The summed E-state index contributed by atoms with van der Waals surface area (Å²) in [6, 6.07) is 16.5. The van der Waals surface area contributed by atoms with Gasteiger partial charge in [0.2, 0.25) is 0 Å². The predicted molar refractivity (Wildman–Crippen MR) is 133 cm³/mol. The van der Waals surface area contributed by atoms with Crippen LogP contribution in [0.1, 0.15) is 32.1 Å². The molecule has 2 aromatic carbocycles. The molecule has 34 heavy (non-hydrogen) atoms. The Morgan fingerprint density at radius 2 is 1.94 bits per heavy atom. The number of pyridine rings is 1. The van der Waals surface area contributed by atoms with Crippen molar-refractivity contribution in [2.75, 3.05) is 5.32 Å². The van der Waals surface area contributed by atoms with Gasteiger partial charge in [0, 0.05) is 47.1 Å². The number of rotatable bonds is 7. The van der Waals surface area contributed by atoms with Crippen molar-refractivity contribution in [3.63, 3.8) is 0 Å². The summed E-state index contributed by atoms with van der Waals surface area (Å²) in [4.78, 5) is 32.7. The van der Waals surface area contributed by atoms with Gasteiger partial charge >= 0.3 is 0 Å². The maximum Gasteiger partial charge on any atom is 0.267 e. The number of nitrogens with one attached hydrogen (secondary N) is 2. The Labute approximate surface area is 200 Å². The van der Waals surface area contributed by atoms with E-state index in [0.29, 0.717) is 17.7 Å². The van der Waals surface area contributed by atoms with Crippen molar-refractivity contribution in [3.05, 3.63) is 106 Å². The van der Waals surface area contributed by atoms with Crippen molar-refractivity contribution >= 4 is 34.9 Å². The minimum Gasteiger partial charge on any atom is -0.322 e. The highest BCUT2D eigenvalue weighted by Crippen LogP contribution is 2.25. The fourth-order valence-electron chi connectivity index (χ4n) is 3.30. The summed E-state index contributed by atoms with van der Waals surface area (Å²) < 4.78 is 0. The van der Waals surface area contributed by atoms with Crippen LogP contribution >= 0.6 is 11.3 Å². The number of thiazole rings is 1. The second-order valence-electron chi connectivity index (χ2n) is 7.57. The molecule has 2 heterocycles. The maximum atomic E-state index is 12.7. The van der Waals surface area contributed by atoms with E-state index in [2.05, 4.69) is 10.3 Å². The zero-order valence-corrected chi connectivity index (χ0v) is 19.2. The lowest BCUT2D eigenvalue weighted by Gasteiger charge is -2.10. The lowest BCUT2D eigenvalue weighted by Crippen LogP contribution is -2.14. The van der Waals surface area contributed by atoms with Crippen LogP contribution in [-0.4, -0.2) is 27.0 Å². The standard InChI is InChI=1S/C26H22N4O3S/c1-17-4-10-22(28-26(32)19-8-5-18(6-9-19)7-11-24(31)30-33)13-21(17)14-25-29-23(16-34-25)20-3-2-12-27-15-20/h2-13,15-16,33H,14H2,1H3,(H,28,32)(H,30,31)/b11-7+. The van der Waals surface area contributed by atoms with E-state index in [1.807, 2.05) is 42.6 Å². The molecule has 4 rings (SSSR count). The molecular formula is C26H22N4O3S. The van der Waals surface area contributed by atoms with Gasteiger partial charge in [-0.05, 0) is 66.1 Å². The number of hydrogen-bond donors (Lipinski definition) is 3. The number of hydrogen-bond acceptors (Lipinski definition) is 6. The smallest absolute Gasteiger partial charge is 0.267 e. The number of aryl methyl sites for hydroxylation is 1. The van der Waals surface area contributed by atoms with Crippen molar-refractivity contribution < 1.29 is 14.8 Å². The van der Waals surface area contributed by atoms with E-state index < -0.39 is 5.91 Å². The quantitative estimate of drug-likeness (QED) is 0.203. The molecule has 0 aliphatic heterocycles. The van der Waals surface area contributed by atoms with Crippen molar-refractivity contribution in [3.8, 4) is 11.3 Å². The first-order chi connectivity index (χ1) is 16.5. The van der Waals surface area contributed by atoms with Crippen LogP contribution in [0.25, 0.3) is 17.3 Å². The average Bonchev–Trinajstić information content (AvgIpc) is 3.34. The second-order valence-corrected chi connectivity index (χ2v) is 8.51. The molecule has 170 valence electrons. The molecule has 3 N–H and O–H groups in total. The second kappa shape index (κ2) is 10.7. The molecule has 0 aliphatic carbocycles. The first kappa shape index (κ1) is 23.0. The number of carbonyl (C=O) groups is 2. The van der Waals surface area contributed by atoms with Gasteiger partial charge in [-0.1, -0.05) is 18.2 Å². The van der Waals surface area contributed by atoms with E-state index in [1.165, 1.54) is 17.6 Å². The van der Waals surface area contributed by atoms with Gasteiger partial charge in [-0.25, -0.2) is 10.5 Å². The summed E-state index contributed by atoms with van der Waals surface area (Å²) in [5.41, 5.74) is 7.57. The molecule has 0 radical (unpaired) electrons. The van der Waals surface area contributed by atoms with Crippen LogP contribution in [0.3, 0.4) is 0 Å². The number of benzene rings is 2. The Morgan fingerprint density at radius 3 is 2.68 bits per heavy atom. The normalized spacial score (nSPS) is 10.9. The summed E-state index contributed by atoms with van der Waals surface area (Å²) in [5.74, 6) is -0.852. The van der Waals surface area contributed by atoms with E-state index in [-0.39, 0.29) is 5.91 Å². The molecule has 0 unspecified atom stereocenters. The fraction of sp³-hybridized carbons (Fsp3) is 0.0769. The molecule has 7 nitrogen and oxygen atoms in total. The number of nitrogens with zero attached hydrogens (tertiary/aromatic N) is 2. The highest BCUT2D eigenvalue weighted by molar-refractivity contribution is 7.10. The average molecular weight is 471 g/mol. The Hall–Kier alpha value is -4.14. The number of anilines is 1. The molecule has 4 aromatic rings. The first-order valence-corrected chi connectivity index (χ1v) is 11.4. The van der Waals surface area contributed by atoms with E-state index in [1.54, 1.807) is 48.0 Å². The van der Waals surface area contributed by atoms with Crippen LogP contribution in [0.4, 0.5) is 5.69 Å². The Kier molecular flexibility index (Phi) is 7.22. The molecule has 2 aromatic heterocycles. The van der Waals surface area contributed by atoms with Crippen LogP contribution < -0.4 is 10.8 Å². The molecule has 0 spiro atoms. The number of aromatic nitrogens is 2. The molecule has 2 amide bonds. The van der Waals surface area contributed by atoms with Crippen LogP contribution in [0.2, 0.25) is 0 Å². The topological polar surface area (TPSA) is 104 Å². The largest absolute Gasteiger partial charge is 0.322 e. The van der Waals surface area contributed by atoms with Crippen molar-refractivity contribution in [1.29, 1.82) is 0 Å². The van der Waals surface area contributed by atoms with Gasteiger partial charge in [0.25, 0.3) is 11.8 Å². The predicted octanol–water partition coefficient (Wildman–Crippen LogP) is 4.88. The third kappa shape index (κ3) is 5.80. The summed E-state index contributed by atoms with van der Waals surface area (Å²) >= 11 is 1.60. The summed E-state index contributed by atoms with van der Waals surface area (Å²) in [6.45, 7) is 2.04. The Bertz CT molecular complexity index is 1330. The third-order valence-corrected chi connectivity index (χ3v) is 6.02. The van der Waals surface area contributed by atoms with Gasteiger partial charge in [0.05, 0.1) is 10.7 Å². The minimum absolute atomic E-state index is 0.230. The van der Waals surface area contributed by atoms with Gasteiger partial charge in [0.15, 0.2) is 0 Å². The monoisotopic (exact) mass is 470 g/mol. The highest BCUT2D eigenvalue weighted by Gasteiger charge is 2.10. The third-order valence-electron chi connectivity index (χ3n) is 5.17. The van der Waals surface area contributed by atoms with Gasteiger partial charge in [-0.3, -0.25) is 19.8 Å². The SMILES string of the molecule is Cc1ccc(NC(=O)c2ccc(/C=C/C(=O)NO)cc2)cc1Cc1nc(-c2cccnc2)cs1. The Morgan fingerprint density at radius 1 is 1.12 bits per heavy atom.